The summed E-state index contributed by atoms with van der Waals surface area (Å²) in [6.07, 6.45) is 2.05. The molecule has 1 heterocycles. The van der Waals surface area contributed by atoms with E-state index in [1.54, 1.807) is 7.11 Å². The SMILES string of the molecule is COCc1ccccc1CNC(=O)CN1CCCc2cc(Cl)ccc21. The van der Waals surface area contributed by atoms with Crippen LogP contribution in [-0.4, -0.2) is 26.1 Å². The highest BCUT2D eigenvalue weighted by Gasteiger charge is 2.19. The number of fused-ring (bicyclic) bond motifs is 1. The molecule has 2 aromatic rings. The van der Waals surface area contributed by atoms with Crippen molar-refractivity contribution in [1.82, 2.24) is 5.32 Å². The number of nitrogens with one attached hydrogen (secondary N) is 1. The molecule has 0 aliphatic carbocycles. The largest absolute Gasteiger partial charge is 0.380 e. The lowest BCUT2D eigenvalue weighted by Gasteiger charge is -2.30. The zero-order valence-corrected chi connectivity index (χ0v) is 15.2. The number of nitrogens with zero attached hydrogens (tertiary/aromatic N) is 1. The number of halogens is 1. The van der Waals surface area contributed by atoms with E-state index in [4.69, 9.17) is 16.3 Å². The van der Waals surface area contributed by atoms with Gasteiger partial charge in [0, 0.05) is 30.9 Å². The first-order chi connectivity index (χ1) is 12.2. The van der Waals surface area contributed by atoms with E-state index in [9.17, 15) is 4.79 Å². The highest BCUT2D eigenvalue weighted by molar-refractivity contribution is 6.30. The van der Waals surface area contributed by atoms with Crippen LogP contribution < -0.4 is 10.2 Å². The van der Waals surface area contributed by atoms with Gasteiger partial charge in [0.05, 0.1) is 13.2 Å². The van der Waals surface area contributed by atoms with Crippen LogP contribution >= 0.6 is 11.6 Å². The van der Waals surface area contributed by atoms with Crippen molar-refractivity contribution >= 4 is 23.2 Å². The normalized spacial score (nSPS) is 13.4. The van der Waals surface area contributed by atoms with Crippen molar-refractivity contribution in [1.29, 1.82) is 0 Å². The summed E-state index contributed by atoms with van der Waals surface area (Å²) in [6, 6.07) is 13.9. The minimum Gasteiger partial charge on any atom is -0.380 e. The number of rotatable bonds is 6. The van der Waals surface area contributed by atoms with Crippen LogP contribution in [0.4, 0.5) is 5.69 Å². The number of ether oxygens (including phenoxy) is 1. The van der Waals surface area contributed by atoms with E-state index in [0.717, 1.165) is 41.2 Å². The van der Waals surface area contributed by atoms with E-state index in [1.807, 2.05) is 42.5 Å². The Bertz CT molecular complexity index is 748. The van der Waals surface area contributed by atoms with Gasteiger partial charge in [-0.3, -0.25) is 4.79 Å². The summed E-state index contributed by atoms with van der Waals surface area (Å²) < 4.78 is 5.21. The summed E-state index contributed by atoms with van der Waals surface area (Å²) in [5, 5.41) is 3.77. The molecule has 0 saturated heterocycles. The Labute approximate surface area is 153 Å². The molecule has 4 nitrogen and oxygen atoms in total. The average Bonchev–Trinajstić information content (AvgIpc) is 2.61. The number of aryl methyl sites for hydroxylation is 1. The molecular formula is C20H23ClN2O2. The summed E-state index contributed by atoms with van der Waals surface area (Å²) in [5.41, 5.74) is 4.52. The number of anilines is 1. The Morgan fingerprint density at radius 2 is 2.04 bits per heavy atom. The average molecular weight is 359 g/mol. The first kappa shape index (κ1) is 17.8. The maximum absolute atomic E-state index is 12.4. The molecule has 1 amide bonds. The van der Waals surface area contributed by atoms with Gasteiger partial charge in [-0.1, -0.05) is 35.9 Å². The van der Waals surface area contributed by atoms with Gasteiger partial charge in [-0.2, -0.15) is 0 Å². The molecule has 1 aliphatic heterocycles. The van der Waals surface area contributed by atoms with Crippen LogP contribution in [0.3, 0.4) is 0 Å². The molecule has 0 atom stereocenters. The predicted molar refractivity (Wildman–Crippen MR) is 101 cm³/mol. The van der Waals surface area contributed by atoms with Crippen LogP contribution in [0, 0.1) is 0 Å². The molecule has 0 saturated carbocycles. The highest BCUT2D eigenvalue weighted by atomic mass is 35.5. The van der Waals surface area contributed by atoms with Crippen LogP contribution in [-0.2, 0) is 29.1 Å². The molecule has 3 rings (SSSR count). The van der Waals surface area contributed by atoms with Crippen LogP contribution in [0.5, 0.6) is 0 Å². The van der Waals surface area contributed by atoms with Gasteiger partial charge in [0.2, 0.25) is 5.91 Å². The molecule has 0 aromatic heterocycles. The van der Waals surface area contributed by atoms with Crippen LogP contribution in [0.1, 0.15) is 23.1 Å². The van der Waals surface area contributed by atoms with Crippen molar-refractivity contribution < 1.29 is 9.53 Å². The van der Waals surface area contributed by atoms with Gasteiger partial charge in [0.25, 0.3) is 0 Å². The van der Waals surface area contributed by atoms with E-state index in [1.165, 1.54) is 5.56 Å². The number of carbonyl (C=O) groups is 1. The predicted octanol–water partition coefficient (Wildman–Crippen LogP) is 3.56. The topological polar surface area (TPSA) is 41.6 Å². The number of methoxy groups -OCH3 is 1. The van der Waals surface area contributed by atoms with Gasteiger partial charge in [0.1, 0.15) is 0 Å². The van der Waals surface area contributed by atoms with Crippen LogP contribution in [0.15, 0.2) is 42.5 Å². The monoisotopic (exact) mass is 358 g/mol. The number of hydrogen-bond donors (Lipinski definition) is 1. The zero-order valence-electron chi connectivity index (χ0n) is 14.4. The summed E-state index contributed by atoms with van der Waals surface area (Å²) in [7, 11) is 1.68. The number of benzene rings is 2. The first-order valence-corrected chi connectivity index (χ1v) is 8.91. The fraction of sp³-hybridized carbons (Fsp3) is 0.350. The minimum atomic E-state index is 0.0232. The summed E-state index contributed by atoms with van der Waals surface area (Å²) in [6.45, 7) is 2.31. The van der Waals surface area contributed by atoms with E-state index in [0.29, 0.717) is 19.7 Å². The molecule has 0 unspecified atom stereocenters. The van der Waals surface area contributed by atoms with Crippen molar-refractivity contribution in [2.75, 3.05) is 25.1 Å². The van der Waals surface area contributed by atoms with Gasteiger partial charge < -0.3 is 15.0 Å². The van der Waals surface area contributed by atoms with Gasteiger partial charge >= 0.3 is 0 Å². The molecular weight excluding hydrogens is 336 g/mol. The van der Waals surface area contributed by atoms with Gasteiger partial charge in [-0.25, -0.2) is 0 Å². The Hall–Kier alpha value is -2.04. The molecule has 1 N–H and O–H groups in total. The van der Waals surface area contributed by atoms with Crippen molar-refractivity contribution in [3.05, 3.63) is 64.2 Å². The van der Waals surface area contributed by atoms with Gasteiger partial charge in [0.15, 0.2) is 0 Å². The summed E-state index contributed by atoms with van der Waals surface area (Å²) in [5.74, 6) is 0.0232. The third kappa shape index (κ3) is 4.53. The molecule has 0 radical (unpaired) electrons. The Kier molecular flexibility index (Phi) is 5.95. The Morgan fingerprint density at radius 1 is 1.24 bits per heavy atom. The minimum absolute atomic E-state index is 0.0232. The maximum Gasteiger partial charge on any atom is 0.239 e. The van der Waals surface area contributed by atoms with Crippen LogP contribution in [0.2, 0.25) is 5.02 Å². The standard InChI is InChI=1S/C20H23ClN2O2/c1-25-14-17-6-3-2-5-16(17)12-22-20(24)13-23-10-4-7-15-11-18(21)8-9-19(15)23/h2-3,5-6,8-9,11H,4,7,10,12-14H2,1H3,(H,22,24). The molecule has 132 valence electrons. The van der Waals surface area contributed by atoms with E-state index in [2.05, 4.69) is 10.2 Å². The number of carbonyl (C=O) groups excluding carboxylic acids is 1. The lowest BCUT2D eigenvalue weighted by Crippen LogP contribution is -2.39. The number of amides is 1. The smallest absolute Gasteiger partial charge is 0.239 e. The molecule has 25 heavy (non-hydrogen) atoms. The molecule has 1 aliphatic rings. The van der Waals surface area contributed by atoms with Gasteiger partial charge in [-0.15, -0.1) is 0 Å². The molecule has 0 bridgehead atoms. The fourth-order valence-corrected chi connectivity index (χ4v) is 3.45. The van der Waals surface area contributed by atoms with Crippen LogP contribution in [0.25, 0.3) is 0 Å². The molecule has 0 spiro atoms. The summed E-state index contributed by atoms with van der Waals surface area (Å²) in [4.78, 5) is 14.6. The second-order valence-electron chi connectivity index (χ2n) is 6.28. The molecule has 5 heteroatoms. The van der Waals surface area contributed by atoms with Gasteiger partial charge in [-0.05, 0) is 47.7 Å². The lowest BCUT2D eigenvalue weighted by molar-refractivity contribution is -0.119. The highest BCUT2D eigenvalue weighted by Crippen LogP contribution is 2.29. The Morgan fingerprint density at radius 3 is 2.84 bits per heavy atom. The third-order valence-electron chi connectivity index (χ3n) is 4.49. The van der Waals surface area contributed by atoms with Crippen molar-refractivity contribution in [3.63, 3.8) is 0 Å². The van der Waals surface area contributed by atoms with E-state index >= 15 is 0 Å². The van der Waals surface area contributed by atoms with E-state index < -0.39 is 0 Å². The van der Waals surface area contributed by atoms with E-state index in [-0.39, 0.29) is 5.91 Å². The molecule has 0 fully saturated rings. The lowest BCUT2D eigenvalue weighted by atomic mass is 10.0. The van der Waals surface area contributed by atoms with Crippen molar-refractivity contribution in [2.45, 2.75) is 26.0 Å². The second-order valence-corrected chi connectivity index (χ2v) is 6.71. The quantitative estimate of drug-likeness (QED) is 0.858. The zero-order chi connectivity index (χ0) is 17.6. The molecule has 2 aromatic carbocycles. The van der Waals surface area contributed by atoms with Crippen molar-refractivity contribution in [2.24, 2.45) is 0 Å². The summed E-state index contributed by atoms with van der Waals surface area (Å²) >= 11 is 6.08. The fourth-order valence-electron chi connectivity index (χ4n) is 3.26. The second kappa shape index (κ2) is 8.37. The maximum atomic E-state index is 12.4. The third-order valence-corrected chi connectivity index (χ3v) is 4.72. The van der Waals surface area contributed by atoms with Crippen molar-refractivity contribution in [3.8, 4) is 0 Å². The first-order valence-electron chi connectivity index (χ1n) is 8.53. The number of hydrogen-bond acceptors (Lipinski definition) is 3. The Balaban J connectivity index is 1.61.